The quantitative estimate of drug-likeness (QED) is 0.680. The van der Waals surface area contributed by atoms with Crippen LogP contribution < -0.4 is 10.1 Å². The molecule has 1 N–H and O–H groups in total. The van der Waals surface area contributed by atoms with Crippen molar-refractivity contribution in [1.82, 2.24) is 5.32 Å². The molecule has 0 aliphatic rings. The van der Waals surface area contributed by atoms with Crippen molar-refractivity contribution in [1.29, 1.82) is 0 Å². The summed E-state index contributed by atoms with van der Waals surface area (Å²) in [5.41, 5.74) is 1.49. The number of rotatable bonds is 9. The maximum Gasteiger partial charge on any atom is 0.342 e. The fourth-order valence-corrected chi connectivity index (χ4v) is 2.78. The lowest BCUT2D eigenvalue weighted by molar-refractivity contribution is -0.129. The van der Waals surface area contributed by atoms with Gasteiger partial charge in [-0.2, -0.15) is 0 Å². The smallest absolute Gasteiger partial charge is 0.342 e. The number of esters is 1. The van der Waals surface area contributed by atoms with Gasteiger partial charge in [-0.1, -0.05) is 49.4 Å². The predicted octanol–water partition coefficient (Wildman–Crippen LogP) is 3.94. The van der Waals surface area contributed by atoms with Crippen LogP contribution in [0.1, 0.15) is 49.0 Å². The molecule has 0 saturated carbocycles. The van der Waals surface area contributed by atoms with Crippen LogP contribution in [-0.4, -0.2) is 31.1 Å². The summed E-state index contributed by atoms with van der Waals surface area (Å²) in [7, 11) is 0. The highest BCUT2D eigenvalue weighted by atomic mass is 16.5. The van der Waals surface area contributed by atoms with E-state index in [1.165, 1.54) is 5.56 Å². The molecule has 2 aromatic carbocycles. The first-order valence-electron chi connectivity index (χ1n) is 9.32. The lowest BCUT2D eigenvalue weighted by atomic mass is 9.96. The minimum atomic E-state index is -0.888. The van der Waals surface area contributed by atoms with E-state index < -0.39 is 12.1 Å². The van der Waals surface area contributed by atoms with Crippen LogP contribution in [-0.2, 0) is 9.53 Å². The van der Waals surface area contributed by atoms with Crippen molar-refractivity contribution in [2.24, 2.45) is 0 Å². The van der Waals surface area contributed by atoms with Gasteiger partial charge in [0.2, 0.25) is 0 Å². The van der Waals surface area contributed by atoms with Gasteiger partial charge in [0.1, 0.15) is 11.3 Å². The van der Waals surface area contributed by atoms with Crippen LogP contribution >= 0.6 is 0 Å². The largest absolute Gasteiger partial charge is 0.493 e. The Hall–Kier alpha value is -2.82. The van der Waals surface area contributed by atoms with Crippen LogP contribution in [0.15, 0.2) is 54.6 Å². The molecular weight excluding hydrogens is 342 g/mol. The van der Waals surface area contributed by atoms with E-state index in [0.29, 0.717) is 24.5 Å². The highest BCUT2D eigenvalue weighted by Gasteiger charge is 2.22. The predicted molar refractivity (Wildman–Crippen MR) is 105 cm³/mol. The number of carbonyl (C=O) groups excluding carboxylic acids is 2. The van der Waals surface area contributed by atoms with Crippen molar-refractivity contribution < 1.29 is 19.1 Å². The molecule has 144 valence electrons. The second-order valence-electron chi connectivity index (χ2n) is 6.24. The summed E-state index contributed by atoms with van der Waals surface area (Å²) in [6, 6.07) is 16.9. The summed E-state index contributed by atoms with van der Waals surface area (Å²) in [4.78, 5) is 24.7. The van der Waals surface area contributed by atoms with E-state index in [9.17, 15) is 9.59 Å². The van der Waals surface area contributed by atoms with Crippen molar-refractivity contribution in [3.8, 4) is 5.75 Å². The van der Waals surface area contributed by atoms with Crippen molar-refractivity contribution in [3.05, 3.63) is 65.7 Å². The second-order valence-corrected chi connectivity index (χ2v) is 6.24. The van der Waals surface area contributed by atoms with E-state index in [2.05, 4.69) is 24.4 Å². The summed E-state index contributed by atoms with van der Waals surface area (Å²) in [6.45, 7) is 6.43. The van der Waals surface area contributed by atoms with Gasteiger partial charge in [0, 0.05) is 12.5 Å². The van der Waals surface area contributed by atoms with Gasteiger partial charge >= 0.3 is 5.97 Å². The normalized spacial score (nSPS) is 12.7. The van der Waals surface area contributed by atoms with Crippen molar-refractivity contribution in [3.63, 3.8) is 0 Å². The van der Waals surface area contributed by atoms with E-state index in [1.807, 2.05) is 25.1 Å². The summed E-state index contributed by atoms with van der Waals surface area (Å²) in [5, 5.41) is 2.88. The monoisotopic (exact) mass is 369 g/mol. The van der Waals surface area contributed by atoms with Gasteiger partial charge in [0.15, 0.2) is 6.10 Å². The number of nitrogens with one attached hydrogen (secondary N) is 1. The number of ether oxygens (including phenoxy) is 2. The minimum absolute atomic E-state index is 0.219. The average molecular weight is 369 g/mol. The standard InChI is InChI=1S/C22H27NO4/c1-4-17(18-11-7-6-8-12-18)15-23-21(24)16(3)27-22(25)19-13-9-10-14-20(19)26-5-2/h6-14,16-17H,4-5,15H2,1-3H3,(H,23,24)/t16-,17+/m0/s1. The van der Waals surface area contributed by atoms with E-state index in [4.69, 9.17) is 9.47 Å². The van der Waals surface area contributed by atoms with E-state index in [-0.39, 0.29) is 11.8 Å². The van der Waals surface area contributed by atoms with Gasteiger partial charge in [-0.05, 0) is 38.0 Å². The second kappa shape index (κ2) is 10.4. The number of carbonyl (C=O) groups is 2. The molecule has 2 atom stereocenters. The van der Waals surface area contributed by atoms with Crippen molar-refractivity contribution in [2.75, 3.05) is 13.2 Å². The number of para-hydroxylation sites is 1. The maximum absolute atomic E-state index is 12.4. The molecule has 0 aliphatic heterocycles. The lowest BCUT2D eigenvalue weighted by Gasteiger charge is -2.19. The SMILES string of the molecule is CCOc1ccccc1C(=O)O[C@@H](C)C(=O)NC[C@@H](CC)c1ccccc1. The molecule has 2 aromatic rings. The van der Waals surface area contributed by atoms with Crippen molar-refractivity contribution in [2.45, 2.75) is 39.2 Å². The third-order valence-electron chi connectivity index (χ3n) is 4.35. The van der Waals surface area contributed by atoms with Gasteiger partial charge in [0.05, 0.1) is 6.61 Å². The fraction of sp³-hybridized carbons (Fsp3) is 0.364. The first-order valence-corrected chi connectivity index (χ1v) is 9.32. The molecule has 2 rings (SSSR count). The molecule has 5 nitrogen and oxygen atoms in total. The number of hydrogen-bond acceptors (Lipinski definition) is 4. The fourth-order valence-electron chi connectivity index (χ4n) is 2.78. The molecule has 0 aromatic heterocycles. The lowest BCUT2D eigenvalue weighted by Crippen LogP contribution is -2.38. The summed E-state index contributed by atoms with van der Waals surface area (Å²) < 4.78 is 10.8. The van der Waals surface area contributed by atoms with Gasteiger partial charge in [0.25, 0.3) is 5.91 Å². The van der Waals surface area contributed by atoms with Crippen molar-refractivity contribution >= 4 is 11.9 Å². The Balaban J connectivity index is 1.92. The van der Waals surface area contributed by atoms with E-state index in [0.717, 1.165) is 6.42 Å². The Morgan fingerprint density at radius 2 is 1.67 bits per heavy atom. The Labute approximate surface area is 160 Å². The Kier molecular flexibility index (Phi) is 7.86. The zero-order valence-electron chi connectivity index (χ0n) is 16.1. The van der Waals surface area contributed by atoms with E-state index in [1.54, 1.807) is 31.2 Å². The highest BCUT2D eigenvalue weighted by molar-refractivity contribution is 5.94. The van der Waals surface area contributed by atoms with Gasteiger partial charge in [-0.3, -0.25) is 4.79 Å². The van der Waals surface area contributed by atoms with Crippen LogP contribution in [0.3, 0.4) is 0 Å². The summed E-state index contributed by atoms with van der Waals surface area (Å²) in [5.74, 6) is -0.215. The molecule has 0 unspecified atom stereocenters. The highest BCUT2D eigenvalue weighted by Crippen LogP contribution is 2.20. The van der Waals surface area contributed by atoms with Gasteiger partial charge in [-0.15, -0.1) is 0 Å². The maximum atomic E-state index is 12.4. The molecule has 0 fully saturated rings. The van der Waals surface area contributed by atoms with Crippen LogP contribution in [0.2, 0.25) is 0 Å². The van der Waals surface area contributed by atoms with Gasteiger partial charge in [-0.25, -0.2) is 4.79 Å². The molecule has 0 radical (unpaired) electrons. The molecule has 0 heterocycles. The third kappa shape index (κ3) is 5.84. The number of hydrogen-bond donors (Lipinski definition) is 1. The molecule has 0 saturated heterocycles. The van der Waals surface area contributed by atoms with Crippen LogP contribution in [0.25, 0.3) is 0 Å². The first kappa shape index (κ1) is 20.5. The Bertz CT molecular complexity index is 745. The summed E-state index contributed by atoms with van der Waals surface area (Å²) >= 11 is 0. The Morgan fingerprint density at radius 1 is 1.00 bits per heavy atom. The number of benzene rings is 2. The van der Waals surface area contributed by atoms with Crippen LogP contribution in [0, 0.1) is 0 Å². The molecule has 5 heteroatoms. The third-order valence-corrected chi connectivity index (χ3v) is 4.35. The topological polar surface area (TPSA) is 64.6 Å². The average Bonchev–Trinajstić information content (AvgIpc) is 2.69. The molecule has 0 bridgehead atoms. The van der Waals surface area contributed by atoms with E-state index >= 15 is 0 Å². The zero-order valence-corrected chi connectivity index (χ0v) is 16.1. The molecule has 1 amide bonds. The first-order chi connectivity index (χ1) is 13.1. The van der Waals surface area contributed by atoms with Gasteiger partial charge < -0.3 is 14.8 Å². The summed E-state index contributed by atoms with van der Waals surface area (Å²) in [6.07, 6.45) is 0.0145. The Morgan fingerprint density at radius 3 is 2.33 bits per heavy atom. The van der Waals surface area contributed by atoms with Crippen LogP contribution in [0.5, 0.6) is 5.75 Å². The molecular formula is C22H27NO4. The molecule has 27 heavy (non-hydrogen) atoms. The minimum Gasteiger partial charge on any atom is -0.493 e. The number of amides is 1. The zero-order chi connectivity index (χ0) is 19.6. The molecule has 0 aliphatic carbocycles. The molecule has 0 spiro atoms. The van der Waals surface area contributed by atoms with Crippen LogP contribution in [0.4, 0.5) is 0 Å².